The zero-order valence-corrected chi connectivity index (χ0v) is 27.6. The lowest BCUT2D eigenvalue weighted by atomic mass is 9.81. The summed E-state index contributed by atoms with van der Waals surface area (Å²) in [6, 6.07) is 26.3. The van der Waals surface area contributed by atoms with Crippen molar-refractivity contribution < 1.29 is 31.2 Å². The molecule has 2 aromatic heterocycles. The molecular formula is C36H35F5N4O2Si. The molecule has 48 heavy (non-hydrogen) atoms. The van der Waals surface area contributed by atoms with Crippen LogP contribution in [0.15, 0.2) is 97.2 Å². The molecule has 12 heteroatoms. The number of pyridine rings is 1. The van der Waals surface area contributed by atoms with Crippen molar-refractivity contribution in [2.24, 2.45) is 5.92 Å². The molecule has 1 amide bonds. The summed E-state index contributed by atoms with van der Waals surface area (Å²) in [6.07, 6.45) is -4.40. The van der Waals surface area contributed by atoms with E-state index in [1.165, 1.54) is 22.5 Å². The molecule has 1 saturated carbocycles. The first kappa shape index (κ1) is 33.5. The molecule has 0 unspecified atom stereocenters. The van der Waals surface area contributed by atoms with Crippen LogP contribution in [0, 0.1) is 5.92 Å². The van der Waals surface area contributed by atoms with Crippen LogP contribution in [0.3, 0.4) is 0 Å². The van der Waals surface area contributed by atoms with Crippen molar-refractivity contribution in [1.29, 1.82) is 0 Å². The Hall–Kier alpha value is -4.42. The van der Waals surface area contributed by atoms with Gasteiger partial charge in [-0.05, 0) is 58.4 Å². The molecule has 1 fully saturated rings. The number of halogens is 5. The van der Waals surface area contributed by atoms with Crippen LogP contribution in [0.2, 0.25) is 5.04 Å². The minimum absolute atomic E-state index is 0.0347. The first-order chi connectivity index (χ1) is 22.8. The van der Waals surface area contributed by atoms with Gasteiger partial charge in [0.15, 0.2) is 0 Å². The molecule has 1 aliphatic rings. The molecule has 1 aliphatic carbocycles. The normalized spacial score (nSPS) is 17.0. The van der Waals surface area contributed by atoms with Gasteiger partial charge in [0.05, 0.1) is 17.2 Å². The number of carbonyl (C=O) groups excluding carboxylic acids is 1. The van der Waals surface area contributed by atoms with Gasteiger partial charge >= 0.3 is 6.18 Å². The molecule has 0 saturated heterocycles. The van der Waals surface area contributed by atoms with Gasteiger partial charge in [0.2, 0.25) is 0 Å². The standard InChI is InChI=1S/C36H35F5N4O2Si/c1-35(2,3)48(26-11-6-4-7-12-26,27-13-8-5-9-14-27)47-22-23-17-25(18-23)45-21-24-19-31(28(33(37)38)20-30(24)44-45)43-34(46)29-15-10-16-32(42-29)36(39,40)41/h4-16,19-21,23,25,33H,17-18,22H2,1-3H3,(H,43,46). The van der Waals surface area contributed by atoms with E-state index in [9.17, 15) is 26.7 Å². The number of rotatable bonds is 9. The second-order valence-electron chi connectivity index (χ2n) is 13.2. The number of alkyl halides is 5. The molecule has 250 valence electrons. The molecule has 0 spiro atoms. The second kappa shape index (κ2) is 12.9. The number of hydrogen-bond acceptors (Lipinski definition) is 4. The quantitative estimate of drug-likeness (QED) is 0.126. The number of hydrogen-bond donors (Lipinski definition) is 1. The number of aromatic nitrogens is 3. The van der Waals surface area contributed by atoms with Crippen molar-refractivity contribution in [3.05, 3.63) is 114 Å². The Kier molecular flexibility index (Phi) is 8.99. The summed E-state index contributed by atoms with van der Waals surface area (Å²) in [6.45, 7) is 7.27. The monoisotopic (exact) mass is 678 g/mol. The van der Waals surface area contributed by atoms with Crippen LogP contribution in [0.1, 0.15) is 67.8 Å². The van der Waals surface area contributed by atoms with Crippen LogP contribution >= 0.6 is 0 Å². The number of fused-ring (bicyclic) bond motifs is 1. The Morgan fingerprint density at radius 2 is 1.56 bits per heavy atom. The van der Waals surface area contributed by atoms with Crippen molar-refractivity contribution >= 4 is 41.2 Å². The van der Waals surface area contributed by atoms with Gasteiger partial charge in [-0.3, -0.25) is 9.48 Å². The largest absolute Gasteiger partial charge is 0.433 e. The number of anilines is 1. The molecule has 3 aromatic carbocycles. The highest BCUT2D eigenvalue weighted by Crippen LogP contribution is 2.42. The Morgan fingerprint density at radius 1 is 0.938 bits per heavy atom. The summed E-state index contributed by atoms with van der Waals surface area (Å²) in [5, 5.41) is 9.68. The summed E-state index contributed by atoms with van der Waals surface area (Å²) in [4.78, 5) is 16.1. The van der Waals surface area contributed by atoms with Crippen molar-refractivity contribution in [3.63, 3.8) is 0 Å². The molecule has 0 aliphatic heterocycles. The van der Waals surface area contributed by atoms with Crippen molar-refractivity contribution in [2.45, 2.75) is 57.3 Å². The summed E-state index contributed by atoms with van der Waals surface area (Å²) in [5.74, 6) is -0.757. The van der Waals surface area contributed by atoms with Crippen molar-refractivity contribution in [3.8, 4) is 0 Å². The highest BCUT2D eigenvalue weighted by atomic mass is 28.4. The average Bonchev–Trinajstić information content (AvgIpc) is 3.44. The van der Waals surface area contributed by atoms with Gasteiger partial charge in [-0.25, -0.2) is 13.8 Å². The van der Waals surface area contributed by atoms with E-state index in [-0.39, 0.29) is 22.7 Å². The molecular weight excluding hydrogens is 643 g/mol. The maximum Gasteiger partial charge on any atom is 0.433 e. The van der Waals surface area contributed by atoms with Crippen molar-refractivity contribution in [1.82, 2.24) is 14.8 Å². The second-order valence-corrected chi connectivity index (χ2v) is 17.5. The SMILES string of the molecule is CC(C)(C)[Si](OCC1CC(n2cc3cc(NC(=O)c4cccc(C(F)(F)F)n4)c(C(F)F)cc3n2)C1)(c1ccccc1)c1ccccc1. The van der Waals surface area contributed by atoms with E-state index in [1.54, 1.807) is 10.9 Å². The smallest absolute Gasteiger partial charge is 0.407 e. The third kappa shape index (κ3) is 6.51. The van der Waals surface area contributed by atoms with E-state index in [0.29, 0.717) is 17.5 Å². The van der Waals surface area contributed by atoms with E-state index in [4.69, 9.17) is 4.43 Å². The van der Waals surface area contributed by atoms with Gasteiger partial charge in [0.25, 0.3) is 20.7 Å². The van der Waals surface area contributed by atoms with E-state index in [1.807, 2.05) is 12.1 Å². The Morgan fingerprint density at radius 3 is 2.12 bits per heavy atom. The molecule has 2 heterocycles. The first-order valence-electron chi connectivity index (χ1n) is 15.7. The summed E-state index contributed by atoms with van der Waals surface area (Å²) in [7, 11) is -2.68. The number of amides is 1. The molecule has 0 bridgehead atoms. The Bertz CT molecular complexity index is 1860. The van der Waals surface area contributed by atoms with Gasteiger partial charge in [-0.1, -0.05) is 87.5 Å². The van der Waals surface area contributed by atoms with E-state index < -0.39 is 43.8 Å². The summed E-state index contributed by atoms with van der Waals surface area (Å²) < 4.78 is 76.3. The Labute approximate surface area is 276 Å². The fourth-order valence-corrected chi connectivity index (χ4v) is 11.2. The molecule has 6 nitrogen and oxygen atoms in total. The lowest BCUT2D eigenvalue weighted by Gasteiger charge is -2.45. The zero-order valence-electron chi connectivity index (χ0n) is 26.6. The fraction of sp³-hybridized carbons (Fsp3) is 0.306. The molecule has 6 rings (SSSR count). The molecule has 1 N–H and O–H groups in total. The van der Waals surface area contributed by atoms with Crippen LogP contribution < -0.4 is 15.7 Å². The third-order valence-electron chi connectivity index (χ3n) is 8.99. The molecule has 5 aromatic rings. The predicted octanol–water partition coefficient (Wildman–Crippen LogP) is 8.17. The minimum Gasteiger partial charge on any atom is -0.407 e. The predicted molar refractivity (Wildman–Crippen MR) is 177 cm³/mol. The van der Waals surface area contributed by atoms with Crippen LogP contribution in [0.25, 0.3) is 10.9 Å². The fourth-order valence-electron chi connectivity index (χ4n) is 6.55. The van der Waals surface area contributed by atoms with Crippen LogP contribution in [-0.4, -0.2) is 35.6 Å². The number of nitrogens with zero attached hydrogens (tertiary/aromatic N) is 3. The number of carbonyl (C=O) groups is 1. The van der Waals surface area contributed by atoms with E-state index in [0.717, 1.165) is 31.0 Å². The van der Waals surface area contributed by atoms with E-state index in [2.05, 4.69) is 84.7 Å². The number of nitrogens with one attached hydrogen (secondary N) is 1. The molecule has 0 radical (unpaired) electrons. The first-order valence-corrected chi connectivity index (χ1v) is 17.6. The van der Waals surface area contributed by atoms with Crippen LogP contribution in [0.5, 0.6) is 0 Å². The summed E-state index contributed by atoms with van der Waals surface area (Å²) in [5.41, 5.74) is -2.17. The Balaban J connectivity index is 1.19. The number of benzene rings is 3. The van der Waals surface area contributed by atoms with Crippen molar-refractivity contribution in [2.75, 3.05) is 11.9 Å². The third-order valence-corrected chi connectivity index (χ3v) is 14.0. The topological polar surface area (TPSA) is 69.0 Å². The van der Waals surface area contributed by atoms with Gasteiger partial charge in [0.1, 0.15) is 11.4 Å². The van der Waals surface area contributed by atoms with Gasteiger partial charge in [-0.2, -0.15) is 18.3 Å². The zero-order chi connectivity index (χ0) is 34.3. The maximum absolute atomic E-state index is 14.1. The lowest BCUT2D eigenvalue weighted by molar-refractivity contribution is -0.141. The lowest BCUT2D eigenvalue weighted by Crippen LogP contribution is -2.67. The molecule has 0 atom stereocenters. The summed E-state index contributed by atoms with van der Waals surface area (Å²) >= 11 is 0. The van der Waals surface area contributed by atoms with Gasteiger partial charge < -0.3 is 9.74 Å². The van der Waals surface area contributed by atoms with Crippen LogP contribution in [0.4, 0.5) is 27.6 Å². The highest BCUT2D eigenvalue weighted by molar-refractivity contribution is 6.99. The average molecular weight is 679 g/mol. The minimum atomic E-state index is -4.76. The highest BCUT2D eigenvalue weighted by Gasteiger charge is 2.51. The van der Waals surface area contributed by atoms with Crippen LogP contribution in [-0.2, 0) is 10.6 Å². The van der Waals surface area contributed by atoms with Gasteiger partial charge in [0, 0.05) is 23.8 Å². The van der Waals surface area contributed by atoms with Gasteiger partial charge in [-0.15, -0.1) is 0 Å². The maximum atomic E-state index is 14.1. The van der Waals surface area contributed by atoms with E-state index >= 15 is 0 Å².